The van der Waals surface area contributed by atoms with Crippen molar-refractivity contribution in [2.24, 2.45) is 0 Å². The topological polar surface area (TPSA) is 40.7 Å². The number of H-pyrrole nitrogens is 1. The van der Waals surface area contributed by atoms with Crippen molar-refractivity contribution < 1.29 is 0 Å². The van der Waals surface area contributed by atoms with Crippen molar-refractivity contribution in [1.29, 1.82) is 0 Å². The molecule has 0 bridgehead atoms. The molecule has 1 heterocycles. The Morgan fingerprint density at radius 3 is 2.50 bits per heavy atom. The van der Waals surface area contributed by atoms with E-state index in [1.54, 1.807) is 0 Å². The minimum Gasteiger partial charge on any atom is -0.319 e. The van der Waals surface area contributed by atoms with Gasteiger partial charge in [0.2, 0.25) is 0 Å². The molecular formula is C18H18ClN3. The first-order valence-corrected chi connectivity index (χ1v) is 7.65. The van der Waals surface area contributed by atoms with Gasteiger partial charge < -0.3 is 5.32 Å². The summed E-state index contributed by atoms with van der Waals surface area (Å²) in [4.78, 5) is 0. The number of nitrogens with one attached hydrogen (secondary N) is 2. The van der Waals surface area contributed by atoms with E-state index in [-0.39, 0.29) is 5.92 Å². The predicted octanol–water partition coefficient (Wildman–Crippen LogP) is 4.08. The Morgan fingerprint density at radius 1 is 1.09 bits per heavy atom. The van der Waals surface area contributed by atoms with E-state index in [2.05, 4.69) is 45.8 Å². The van der Waals surface area contributed by atoms with Crippen LogP contribution in [0, 0.1) is 0 Å². The molecule has 4 heteroatoms. The van der Waals surface area contributed by atoms with Gasteiger partial charge in [0.25, 0.3) is 0 Å². The molecule has 1 unspecified atom stereocenters. The highest BCUT2D eigenvalue weighted by Gasteiger charge is 2.16. The van der Waals surface area contributed by atoms with Crippen LogP contribution in [0.4, 0.5) is 0 Å². The van der Waals surface area contributed by atoms with E-state index in [1.165, 1.54) is 5.56 Å². The first-order valence-electron chi connectivity index (χ1n) is 7.27. The predicted molar refractivity (Wildman–Crippen MR) is 91.2 cm³/mol. The average molecular weight is 312 g/mol. The Labute approximate surface area is 135 Å². The molecule has 0 saturated carbocycles. The van der Waals surface area contributed by atoms with Crippen LogP contribution in [0.15, 0.2) is 60.9 Å². The molecule has 2 N–H and O–H groups in total. The van der Waals surface area contributed by atoms with E-state index in [0.717, 1.165) is 28.3 Å². The number of aromatic nitrogens is 2. The molecule has 0 fully saturated rings. The summed E-state index contributed by atoms with van der Waals surface area (Å²) < 4.78 is 0. The maximum atomic E-state index is 6.38. The summed E-state index contributed by atoms with van der Waals surface area (Å²) in [5, 5.41) is 10.9. The molecule has 0 amide bonds. The Kier molecular flexibility index (Phi) is 4.56. The highest BCUT2D eigenvalue weighted by molar-refractivity contribution is 6.31. The highest BCUT2D eigenvalue weighted by atomic mass is 35.5. The Hall–Kier alpha value is -2.10. The summed E-state index contributed by atoms with van der Waals surface area (Å²) in [5.41, 5.74) is 4.64. The number of likely N-dealkylation sites (N-methyl/N-ethyl adjacent to an activating group) is 1. The smallest absolute Gasteiger partial charge is 0.0565 e. The van der Waals surface area contributed by atoms with Gasteiger partial charge in [-0.05, 0) is 29.8 Å². The summed E-state index contributed by atoms with van der Waals surface area (Å²) in [6, 6.07) is 16.6. The van der Waals surface area contributed by atoms with E-state index < -0.39 is 0 Å². The van der Waals surface area contributed by atoms with Crippen molar-refractivity contribution in [2.75, 3.05) is 13.6 Å². The summed E-state index contributed by atoms with van der Waals surface area (Å²) in [6.45, 7) is 0.842. The first-order chi connectivity index (χ1) is 10.8. The molecule has 0 saturated heterocycles. The largest absolute Gasteiger partial charge is 0.319 e. The second-order valence-corrected chi connectivity index (χ2v) is 5.65. The van der Waals surface area contributed by atoms with Crippen LogP contribution >= 0.6 is 11.6 Å². The van der Waals surface area contributed by atoms with Gasteiger partial charge in [-0.1, -0.05) is 54.1 Å². The Morgan fingerprint density at radius 2 is 1.86 bits per heavy atom. The van der Waals surface area contributed by atoms with Crippen molar-refractivity contribution in [2.45, 2.75) is 5.92 Å². The molecule has 112 valence electrons. The van der Waals surface area contributed by atoms with Gasteiger partial charge in [-0.2, -0.15) is 5.10 Å². The number of nitrogens with zero attached hydrogens (tertiary/aromatic N) is 1. The average Bonchev–Trinajstić information content (AvgIpc) is 3.08. The lowest BCUT2D eigenvalue weighted by molar-refractivity contribution is 0.708. The molecule has 1 aromatic heterocycles. The molecule has 1 atom stereocenters. The van der Waals surface area contributed by atoms with Crippen molar-refractivity contribution in [3.8, 4) is 11.1 Å². The second kappa shape index (κ2) is 6.77. The van der Waals surface area contributed by atoms with E-state index in [1.807, 2.05) is 37.6 Å². The zero-order valence-corrected chi connectivity index (χ0v) is 13.1. The number of hydrogen-bond donors (Lipinski definition) is 2. The van der Waals surface area contributed by atoms with Gasteiger partial charge >= 0.3 is 0 Å². The minimum atomic E-state index is 0.233. The fourth-order valence-corrected chi connectivity index (χ4v) is 2.95. The van der Waals surface area contributed by atoms with E-state index >= 15 is 0 Å². The normalized spacial score (nSPS) is 12.3. The van der Waals surface area contributed by atoms with Crippen LogP contribution in [-0.2, 0) is 0 Å². The van der Waals surface area contributed by atoms with Gasteiger partial charge in [-0.3, -0.25) is 5.10 Å². The summed E-state index contributed by atoms with van der Waals surface area (Å²) in [6.07, 6.45) is 3.72. The molecule has 3 rings (SSSR count). The van der Waals surface area contributed by atoms with Crippen molar-refractivity contribution in [3.05, 3.63) is 77.1 Å². The lowest BCUT2D eigenvalue weighted by Crippen LogP contribution is -2.18. The van der Waals surface area contributed by atoms with Gasteiger partial charge in [0, 0.05) is 29.2 Å². The zero-order valence-electron chi connectivity index (χ0n) is 12.4. The third-order valence-electron chi connectivity index (χ3n) is 3.83. The third kappa shape index (κ3) is 3.06. The van der Waals surface area contributed by atoms with Crippen molar-refractivity contribution in [3.63, 3.8) is 0 Å². The van der Waals surface area contributed by atoms with Crippen LogP contribution in [0.1, 0.15) is 17.0 Å². The lowest BCUT2D eigenvalue weighted by atomic mass is 9.90. The minimum absolute atomic E-state index is 0.233. The third-order valence-corrected chi connectivity index (χ3v) is 4.18. The van der Waals surface area contributed by atoms with Crippen LogP contribution < -0.4 is 5.32 Å². The number of benzene rings is 2. The zero-order chi connectivity index (χ0) is 15.4. The summed E-state index contributed by atoms with van der Waals surface area (Å²) in [5.74, 6) is 0.233. The summed E-state index contributed by atoms with van der Waals surface area (Å²) >= 11 is 6.38. The van der Waals surface area contributed by atoms with Gasteiger partial charge in [0.1, 0.15) is 0 Å². The summed E-state index contributed by atoms with van der Waals surface area (Å²) in [7, 11) is 1.96. The number of halogens is 1. The molecule has 3 nitrogen and oxygen atoms in total. The maximum absolute atomic E-state index is 6.38. The van der Waals surface area contributed by atoms with E-state index in [4.69, 9.17) is 11.6 Å². The molecule has 0 aliphatic carbocycles. The van der Waals surface area contributed by atoms with Gasteiger partial charge in [0.15, 0.2) is 0 Å². The van der Waals surface area contributed by atoms with Gasteiger partial charge in [-0.15, -0.1) is 0 Å². The molecule has 0 spiro atoms. The number of hydrogen-bond acceptors (Lipinski definition) is 2. The van der Waals surface area contributed by atoms with Crippen LogP contribution in [-0.4, -0.2) is 23.8 Å². The van der Waals surface area contributed by atoms with E-state index in [0.29, 0.717) is 0 Å². The molecule has 0 radical (unpaired) electrons. The first kappa shape index (κ1) is 14.8. The van der Waals surface area contributed by atoms with Crippen LogP contribution in [0.25, 0.3) is 11.1 Å². The molecule has 0 aliphatic heterocycles. The fraction of sp³-hybridized carbons (Fsp3) is 0.167. The molecule has 22 heavy (non-hydrogen) atoms. The molecular weight excluding hydrogens is 294 g/mol. The number of aromatic amines is 1. The lowest BCUT2D eigenvalue weighted by Gasteiger charge is -2.19. The quantitative estimate of drug-likeness (QED) is 0.745. The standard InChI is InChI=1S/C18H18ClN3/c1-20-12-17(16-4-2-3-5-18(16)19)14-8-6-13(7-9-14)15-10-21-22-11-15/h2-11,17,20H,12H2,1H3,(H,21,22). The van der Waals surface area contributed by atoms with Crippen molar-refractivity contribution in [1.82, 2.24) is 15.5 Å². The SMILES string of the molecule is CNCC(c1ccc(-c2cn[nH]c2)cc1)c1ccccc1Cl. The fourth-order valence-electron chi connectivity index (χ4n) is 2.69. The number of rotatable bonds is 5. The van der Waals surface area contributed by atoms with Crippen LogP contribution in [0.5, 0.6) is 0 Å². The Bertz CT molecular complexity index is 720. The molecule has 3 aromatic rings. The molecule has 2 aromatic carbocycles. The Balaban J connectivity index is 1.94. The van der Waals surface area contributed by atoms with Crippen LogP contribution in [0.3, 0.4) is 0 Å². The monoisotopic (exact) mass is 311 g/mol. The second-order valence-electron chi connectivity index (χ2n) is 5.24. The van der Waals surface area contributed by atoms with E-state index in [9.17, 15) is 0 Å². The van der Waals surface area contributed by atoms with Gasteiger partial charge in [0.05, 0.1) is 6.20 Å². The van der Waals surface area contributed by atoms with Crippen LogP contribution in [0.2, 0.25) is 5.02 Å². The maximum Gasteiger partial charge on any atom is 0.0565 e. The molecule has 0 aliphatic rings. The van der Waals surface area contributed by atoms with Crippen molar-refractivity contribution >= 4 is 11.6 Å². The highest BCUT2D eigenvalue weighted by Crippen LogP contribution is 2.31. The van der Waals surface area contributed by atoms with Gasteiger partial charge in [-0.25, -0.2) is 0 Å².